The normalized spacial score (nSPS) is 10.5. The van der Waals surface area contributed by atoms with Gasteiger partial charge in [0, 0.05) is 16.8 Å². The van der Waals surface area contributed by atoms with Gasteiger partial charge in [-0.1, -0.05) is 11.6 Å². The van der Waals surface area contributed by atoms with Crippen LogP contribution in [0.15, 0.2) is 23.6 Å². The molecule has 0 atom stereocenters. The van der Waals surface area contributed by atoms with Crippen LogP contribution in [-0.2, 0) is 6.42 Å². The zero-order chi connectivity index (χ0) is 12.4. The van der Waals surface area contributed by atoms with E-state index in [4.69, 9.17) is 16.7 Å². The number of carboxylic acid groups (broad SMARTS) is 1. The summed E-state index contributed by atoms with van der Waals surface area (Å²) in [5.41, 5.74) is 0.385. The Morgan fingerprint density at radius 3 is 2.94 bits per heavy atom. The van der Waals surface area contributed by atoms with Crippen molar-refractivity contribution in [2.45, 2.75) is 6.42 Å². The predicted octanol–water partition coefficient (Wildman–Crippen LogP) is 3.22. The predicted molar refractivity (Wildman–Crippen MR) is 63.3 cm³/mol. The molecule has 0 radical (unpaired) electrons. The van der Waals surface area contributed by atoms with E-state index in [1.54, 1.807) is 0 Å². The van der Waals surface area contributed by atoms with Crippen LogP contribution in [0.25, 0.3) is 0 Å². The van der Waals surface area contributed by atoms with Crippen molar-refractivity contribution in [2.75, 3.05) is 0 Å². The van der Waals surface area contributed by atoms with Crippen molar-refractivity contribution in [3.8, 4) is 0 Å². The maximum absolute atomic E-state index is 13.4. The van der Waals surface area contributed by atoms with E-state index in [0.717, 1.165) is 0 Å². The lowest BCUT2D eigenvalue weighted by Gasteiger charge is -2.00. The van der Waals surface area contributed by atoms with Crippen LogP contribution in [0.5, 0.6) is 0 Å². The average molecular weight is 272 g/mol. The summed E-state index contributed by atoms with van der Waals surface area (Å²) in [5, 5.41) is 11.1. The van der Waals surface area contributed by atoms with Crippen LogP contribution in [0.1, 0.15) is 21.1 Å². The third-order valence-corrected chi connectivity index (χ3v) is 3.20. The summed E-state index contributed by atoms with van der Waals surface area (Å²) in [6.07, 6.45) is 0.240. The molecule has 0 aliphatic rings. The van der Waals surface area contributed by atoms with Crippen molar-refractivity contribution in [3.05, 3.63) is 50.7 Å². The zero-order valence-electron chi connectivity index (χ0n) is 8.48. The van der Waals surface area contributed by atoms with Crippen LogP contribution < -0.4 is 0 Å². The first kappa shape index (κ1) is 12.0. The Morgan fingerprint density at radius 2 is 2.29 bits per heavy atom. The second-order valence-corrected chi connectivity index (χ2v) is 4.72. The molecular formula is C11H7ClFNO2S. The lowest BCUT2D eigenvalue weighted by Crippen LogP contribution is -1.98. The highest BCUT2D eigenvalue weighted by atomic mass is 35.5. The van der Waals surface area contributed by atoms with Gasteiger partial charge in [0.2, 0.25) is 0 Å². The smallest absolute Gasteiger partial charge is 0.355 e. The van der Waals surface area contributed by atoms with Gasteiger partial charge >= 0.3 is 5.97 Å². The van der Waals surface area contributed by atoms with Crippen LogP contribution in [0, 0.1) is 5.82 Å². The highest BCUT2D eigenvalue weighted by molar-refractivity contribution is 7.09. The first-order valence-corrected chi connectivity index (χ1v) is 5.93. The fourth-order valence-corrected chi connectivity index (χ4v) is 2.32. The minimum absolute atomic E-state index is 0.0209. The highest BCUT2D eigenvalue weighted by Crippen LogP contribution is 2.20. The SMILES string of the molecule is O=C(O)c1csc(Cc2cc(Cl)ccc2F)n1. The fourth-order valence-electron chi connectivity index (χ4n) is 1.33. The molecule has 3 nitrogen and oxygen atoms in total. The van der Waals surface area contributed by atoms with E-state index < -0.39 is 5.97 Å². The van der Waals surface area contributed by atoms with Gasteiger partial charge in [-0.25, -0.2) is 14.2 Å². The number of aromatic carboxylic acids is 1. The summed E-state index contributed by atoms with van der Waals surface area (Å²) in [5.74, 6) is -1.46. The third-order valence-electron chi connectivity index (χ3n) is 2.12. The van der Waals surface area contributed by atoms with Gasteiger partial charge in [-0.2, -0.15) is 0 Å². The number of carbonyl (C=O) groups is 1. The Labute approximate surface area is 106 Å². The number of carboxylic acids is 1. The summed E-state index contributed by atoms with van der Waals surface area (Å²) >= 11 is 6.95. The number of thiazole rings is 1. The van der Waals surface area contributed by atoms with Gasteiger partial charge in [0.25, 0.3) is 0 Å². The lowest BCUT2D eigenvalue weighted by atomic mass is 10.1. The maximum Gasteiger partial charge on any atom is 0.355 e. The number of benzene rings is 1. The molecule has 6 heteroatoms. The molecule has 1 N–H and O–H groups in total. The van der Waals surface area contributed by atoms with Gasteiger partial charge in [0.1, 0.15) is 5.82 Å². The number of hydrogen-bond donors (Lipinski definition) is 1. The van der Waals surface area contributed by atoms with E-state index in [-0.39, 0.29) is 17.9 Å². The second-order valence-electron chi connectivity index (χ2n) is 3.34. The van der Waals surface area contributed by atoms with Crippen LogP contribution >= 0.6 is 22.9 Å². The highest BCUT2D eigenvalue weighted by Gasteiger charge is 2.11. The molecule has 0 saturated carbocycles. The number of aromatic nitrogens is 1. The first-order chi connectivity index (χ1) is 8.06. The summed E-state index contributed by atoms with van der Waals surface area (Å²) in [6, 6.07) is 4.26. The van der Waals surface area contributed by atoms with E-state index >= 15 is 0 Å². The van der Waals surface area contributed by atoms with Crippen molar-refractivity contribution in [1.29, 1.82) is 0 Å². The maximum atomic E-state index is 13.4. The number of nitrogens with zero attached hydrogens (tertiary/aromatic N) is 1. The minimum atomic E-state index is -1.08. The molecule has 2 rings (SSSR count). The van der Waals surface area contributed by atoms with Crippen molar-refractivity contribution in [1.82, 2.24) is 4.98 Å². The molecule has 0 aliphatic heterocycles. The average Bonchev–Trinajstić information content (AvgIpc) is 2.72. The molecule has 0 unspecified atom stereocenters. The van der Waals surface area contributed by atoms with E-state index in [2.05, 4.69) is 4.98 Å². The zero-order valence-corrected chi connectivity index (χ0v) is 10.1. The molecule has 0 fully saturated rings. The Bertz CT molecular complexity index is 570. The van der Waals surface area contributed by atoms with Crippen LogP contribution in [0.2, 0.25) is 5.02 Å². The Kier molecular flexibility index (Phi) is 3.40. The van der Waals surface area contributed by atoms with Gasteiger partial charge in [-0.3, -0.25) is 0 Å². The quantitative estimate of drug-likeness (QED) is 0.932. The minimum Gasteiger partial charge on any atom is -0.476 e. The largest absolute Gasteiger partial charge is 0.476 e. The van der Waals surface area contributed by atoms with E-state index in [1.165, 1.54) is 34.9 Å². The molecule has 1 aromatic carbocycles. The molecule has 88 valence electrons. The standard InChI is InChI=1S/C11H7ClFNO2S/c12-7-1-2-8(13)6(3-7)4-10-14-9(5-17-10)11(15)16/h1-3,5H,4H2,(H,15,16). The van der Waals surface area contributed by atoms with Crippen molar-refractivity contribution in [2.24, 2.45) is 0 Å². The summed E-state index contributed by atoms with van der Waals surface area (Å²) in [4.78, 5) is 14.5. The summed E-state index contributed by atoms with van der Waals surface area (Å²) < 4.78 is 13.4. The molecule has 1 heterocycles. The summed E-state index contributed by atoms with van der Waals surface area (Å²) in [7, 11) is 0. The Morgan fingerprint density at radius 1 is 1.53 bits per heavy atom. The van der Waals surface area contributed by atoms with Crippen molar-refractivity contribution in [3.63, 3.8) is 0 Å². The van der Waals surface area contributed by atoms with E-state index in [0.29, 0.717) is 15.6 Å². The summed E-state index contributed by atoms with van der Waals surface area (Å²) in [6.45, 7) is 0. The molecule has 17 heavy (non-hydrogen) atoms. The van der Waals surface area contributed by atoms with Gasteiger partial charge in [-0.05, 0) is 23.8 Å². The number of halogens is 2. The Hall–Kier alpha value is -1.46. The molecule has 0 spiro atoms. The van der Waals surface area contributed by atoms with Gasteiger partial charge in [-0.15, -0.1) is 11.3 Å². The molecular weight excluding hydrogens is 265 g/mol. The first-order valence-electron chi connectivity index (χ1n) is 4.68. The monoisotopic (exact) mass is 271 g/mol. The van der Waals surface area contributed by atoms with Gasteiger partial charge in [0.05, 0.1) is 5.01 Å². The van der Waals surface area contributed by atoms with Crippen LogP contribution in [0.3, 0.4) is 0 Å². The molecule has 1 aromatic heterocycles. The molecule has 2 aromatic rings. The molecule has 0 amide bonds. The lowest BCUT2D eigenvalue weighted by molar-refractivity contribution is 0.0691. The van der Waals surface area contributed by atoms with Crippen molar-refractivity contribution >= 4 is 28.9 Å². The Balaban J connectivity index is 2.25. The molecule has 0 bridgehead atoms. The van der Waals surface area contributed by atoms with Crippen molar-refractivity contribution < 1.29 is 14.3 Å². The third kappa shape index (κ3) is 2.81. The van der Waals surface area contributed by atoms with Gasteiger partial charge in [0.15, 0.2) is 5.69 Å². The number of hydrogen-bond acceptors (Lipinski definition) is 3. The van der Waals surface area contributed by atoms with Crippen LogP contribution in [0.4, 0.5) is 4.39 Å². The van der Waals surface area contributed by atoms with E-state index in [9.17, 15) is 9.18 Å². The topological polar surface area (TPSA) is 50.2 Å². The van der Waals surface area contributed by atoms with E-state index in [1.807, 2.05) is 0 Å². The van der Waals surface area contributed by atoms with Gasteiger partial charge < -0.3 is 5.11 Å². The molecule has 0 aliphatic carbocycles. The fraction of sp³-hybridized carbons (Fsp3) is 0.0909. The second kappa shape index (κ2) is 4.81. The van der Waals surface area contributed by atoms with Crippen LogP contribution in [-0.4, -0.2) is 16.1 Å². The number of rotatable bonds is 3. The molecule has 0 saturated heterocycles.